The Morgan fingerprint density at radius 1 is 0.833 bits per heavy atom. The topological polar surface area (TPSA) is 81.3 Å². The van der Waals surface area contributed by atoms with Crippen molar-refractivity contribution < 1.29 is 19.1 Å². The van der Waals surface area contributed by atoms with Crippen LogP contribution in [0.1, 0.15) is 76.3 Å². The molecule has 0 aliphatic carbocycles. The van der Waals surface area contributed by atoms with Crippen LogP contribution < -0.4 is 9.47 Å². The van der Waals surface area contributed by atoms with Gasteiger partial charge < -0.3 is 24.3 Å². The number of methoxy groups -OCH3 is 2. The highest BCUT2D eigenvalue weighted by Gasteiger charge is 2.33. The van der Waals surface area contributed by atoms with Gasteiger partial charge in [0.05, 0.1) is 32.4 Å². The zero-order valence-electron chi connectivity index (χ0n) is 29.9. The number of piperidine rings is 2. The number of aromatic amines is 1. The summed E-state index contributed by atoms with van der Waals surface area (Å²) in [6.45, 7) is 16.0. The molecule has 3 aliphatic heterocycles. The molecule has 1 atom stereocenters. The quantitative estimate of drug-likeness (QED) is 0.307. The van der Waals surface area contributed by atoms with E-state index in [2.05, 4.69) is 76.5 Å². The minimum Gasteiger partial charge on any atom is -0.493 e. The molecular weight excluding hydrogens is 602 g/mol. The van der Waals surface area contributed by atoms with Gasteiger partial charge in [0.1, 0.15) is 0 Å². The van der Waals surface area contributed by atoms with Gasteiger partial charge >= 0.3 is 0 Å². The monoisotopic (exact) mass is 657 g/mol. The second kappa shape index (κ2) is 14.9. The average molecular weight is 658 g/mol. The fourth-order valence-electron chi connectivity index (χ4n) is 8.17. The third kappa shape index (κ3) is 7.22. The molecule has 0 saturated carbocycles. The van der Waals surface area contributed by atoms with Gasteiger partial charge in [0.2, 0.25) is 11.8 Å². The van der Waals surface area contributed by atoms with Crippen molar-refractivity contribution in [3.63, 3.8) is 0 Å². The number of carbonyl (C=O) groups is 2. The molecule has 6 rings (SSSR count). The van der Waals surface area contributed by atoms with Gasteiger partial charge in [0, 0.05) is 68.3 Å². The van der Waals surface area contributed by atoms with Gasteiger partial charge in [0.25, 0.3) is 0 Å². The molecule has 0 bridgehead atoms. The molecule has 3 fully saturated rings. The number of aromatic nitrogens is 1. The summed E-state index contributed by atoms with van der Waals surface area (Å²) < 4.78 is 11.1. The van der Waals surface area contributed by atoms with Crippen LogP contribution in [0.25, 0.3) is 22.2 Å². The fraction of sp³-hybridized carbons (Fsp3) is 0.590. The first-order valence-electron chi connectivity index (χ1n) is 18.1. The molecule has 1 aromatic heterocycles. The van der Waals surface area contributed by atoms with Gasteiger partial charge in [-0.1, -0.05) is 19.9 Å². The number of nitrogens with one attached hydrogen (secondary N) is 1. The van der Waals surface area contributed by atoms with Crippen molar-refractivity contribution in [3.05, 3.63) is 47.5 Å². The predicted octanol–water partition coefficient (Wildman–Crippen LogP) is 5.95. The van der Waals surface area contributed by atoms with E-state index in [9.17, 15) is 9.59 Å². The molecule has 9 nitrogen and oxygen atoms in total. The maximum atomic E-state index is 13.5. The first kappa shape index (κ1) is 34.3. The fourth-order valence-corrected chi connectivity index (χ4v) is 8.17. The van der Waals surface area contributed by atoms with E-state index in [4.69, 9.17) is 9.47 Å². The molecule has 260 valence electrons. The second-order valence-corrected chi connectivity index (χ2v) is 14.6. The molecule has 4 heterocycles. The van der Waals surface area contributed by atoms with Crippen LogP contribution in [0.4, 0.5) is 0 Å². The normalized spacial score (nSPS) is 20.2. The van der Waals surface area contributed by atoms with Gasteiger partial charge in [-0.3, -0.25) is 19.4 Å². The molecule has 48 heavy (non-hydrogen) atoms. The third-order valence-electron chi connectivity index (χ3n) is 11.0. The van der Waals surface area contributed by atoms with Gasteiger partial charge in [-0.2, -0.15) is 0 Å². The number of amides is 2. The summed E-state index contributed by atoms with van der Waals surface area (Å²) in [7, 11) is 3.33. The van der Waals surface area contributed by atoms with Crippen molar-refractivity contribution in [1.29, 1.82) is 0 Å². The van der Waals surface area contributed by atoms with E-state index in [1.165, 1.54) is 16.5 Å². The van der Waals surface area contributed by atoms with Gasteiger partial charge in [-0.15, -0.1) is 0 Å². The highest BCUT2D eigenvalue weighted by atomic mass is 16.5. The van der Waals surface area contributed by atoms with E-state index >= 15 is 0 Å². The standard InChI is InChI=1S/C39H55N5O4/c1-26(2)37-32-22-29(9-11-33(32)40-38(37)30-10-12-34(47-5)35(23-30)48-6)28-13-16-43(17-14-28)36(45)25-41-15-7-8-31(24-41)39(46)44-20-18-42(19-21-44)27(3)4/h9-12,22-23,26-28,31,40H,7-8,13-21,24-25H2,1-6H3. The van der Waals surface area contributed by atoms with Crippen LogP contribution in [0.15, 0.2) is 36.4 Å². The lowest BCUT2D eigenvalue weighted by Crippen LogP contribution is -2.54. The van der Waals surface area contributed by atoms with Crippen LogP contribution in [0.3, 0.4) is 0 Å². The molecule has 3 aromatic rings. The maximum Gasteiger partial charge on any atom is 0.236 e. The summed E-state index contributed by atoms with van der Waals surface area (Å²) in [6.07, 6.45) is 3.83. The Hall–Kier alpha value is -3.56. The van der Waals surface area contributed by atoms with Crippen LogP contribution in [0, 0.1) is 5.92 Å². The predicted molar refractivity (Wildman–Crippen MR) is 192 cm³/mol. The average Bonchev–Trinajstić information content (AvgIpc) is 3.50. The lowest BCUT2D eigenvalue weighted by molar-refractivity contribution is -0.141. The first-order valence-corrected chi connectivity index (χ1v) is 18.1. The smallest absolute Gasteiger partial charge is 0.236 e. The van der Waals surface area contributed by atoms with Gasteiger partial charge in [0.15, 0.2) is 11.5 Å². The van der Waals surface area contributed by atoms with Crippen molar-refractivity contribution in [3.8, 4) is 22.8 Å². The van der Waals surface area contributed by atoms with E-state index in [0.29, 0.717) is 31.0 Å². The van der Waals surface area contributed by atoms with Crippen LogP contribution >= 0.6 is 0 Å². The van der Waals surface area contributed by atoms with E-state index in [1.807, 2.05) is 12.1 Å². The summed E-state index contributed by atoms with van der Waals surface area (Å²) in [5, 5.41) is 1.27. The minimum atomic E-state index is 0.00855. The number of fused-ring (bicyclic) bond motifs is 1. The molecule has 9 heteroatoms. The van der Waals surface area contributed by atoms with Crippen LogP contribution in [0.5, 0.6) is 11.5 Å². The molecule has 0 radical (unpaired) electrons. The highest BCUT2D eigenvalue weighted by Crippen LogP contribution is 2.40. The number of H-pyrrole nitrogens is 1. The van der Waals surface area contributed by atoms with Gasteiger partial charge in [-0.25, -0.2) is 0 Å². The number of ether oxygens (including phenoxy) is 2. The molecule has 0 spiro atoms. The highest BCUT2D eigenvalue weighted by molar-refractivity contribution is 5.92. The van der Waals surface area contributed by atoms with Crippen molar-refractivity contribution >= 4 is 22.7 Å². The molecule has 2 amide bonds. The Bertz CT molecular complexity index is 1580. The number of hydrogen-bond donors (Lipinski definition) is 1. The number of carbonyl (C=O) groups excluding carboxylic acids is 2. The van der Waals surface area contributed by atoms with Crippen LogP contribution in [-0.2, 0) is 9.59 Å². The van der Waals surface area contributed by atoms with E-state index in [-0.39, 0.29) is 17.7 Å². The zero-order valence-corrected chi connectivity index (χ0v) is 29.9. The molecule has 3 saturated heterocycles. The Balaban J connectivity index is 1.06. The number of piperazine rings is 1. The number of rotatable bonds is 9. The summed E-state index contributed by atoms with van der Waals surface area (Å²) in [6, 6.07) is 13.5. The van der Waals surface area contributed by atoms with Crippen molar-refractivity contribution in [2.45, 2.75) is 71.3 Å². The van der Waals surface area contributed by atoms with Crippen LogP contribution in [-0.4, -0.2) is 116 Å². The minimum absolute atomic E-state index is 0.00855. The van der Waals surface area contributed by atoms with Crippen molar-refractivity contribution in [1.82, 2.24) is 24.6 Å². The summed E-state index contributed by atoms with van der Waals surface area (Å²) >= 11 is 0. The SMILES string of the molecule is COc1ccc(-c2[nH]c3ccc(C4CCN(C(=O)CN5CCCC(C(=O)N6CCN(C(C)C)CC6)C5)CC4)cc3c2C(C)C)cc1OC. The molecule has 2 aromatic carbocycles. The van der Waals surface area contributed by atoms with E-state index < -0.39 is 0 Å². The number of benzene rings is 2. The van der Waals surface area contributed by atoms with Crippen molar-refractivity contribution in [2.24, 2.45) is 5.92 Å². The van der Waals surface area contributed by atoms with E-state index in [0.717, 1.165) is 99.8 Å². The number of hydrogen-bond acceptors (Lipinski definition) is 6. The lowest BCUT2D eigenvalue weighted by atomic mass is 9.87. The van der Waals surface area contributed by atoms with Gasteiger partial charge in [-0.05, 0) is 99.4 Å². The third-order valence-corrected chi connectivity index (χ3v) is 11.0. The Labute approximate surface area is 286 Å². The number of nitrogens with zero attached hydrogens (tertiary/aromatic N) is 4. The largest absolute Gasteiger partial charge is 0.493 e. The second-order valence-electron chi connectivity index (χ2n) is 14.6. The Kier molecular flexibility index (Phi) is 10.7. The first-order chi connectivity index (χ1) is 23.2. The summed E-state index contributed by atoms with van der Waals surface area (Å²) in [5.74, 6) is 2.69. The summed E-state index contributed by atoms with van der Waals surface area (Å²) in [5.41, 5.74) is 5.99. The maximum absolute atomic E-state index is 13.5. The molecule has 1 N–H and O–H groups in total. The molecule has 3 aliphatic rings. The molecular formula is C39H55N5O4. The van der Waals surface area contributed by atoms with Crippen molar-refractivity contribution in [2.75, 3.05) is 73.1 Å². The number of likely N-dealkylation sites (tertiary alicyclic amines) is 2. The van der Waals surface area contributed by atoms with Crippen LogP contribution in [0.2, 0.25) is 0 Å². The Morgan fingerprint density at radius 3 is 2.23 bits per heavy atom. The molecule has 1 unspecified atom stereocenters. The van der Waals surface area contributed by atoms with E-state index in [1.54, 1.807) is 14.2 Å². The Morgan fingerprint density at radius 2 is 1.56 bits per heavy atom. The lowest BCUT2D eigenvalue weighted by Gasteiger charge is -2.40. The zero-order chi connectivity index (χ0) is 33.9. The summed E-state index contributed by atoms with van der Waals surface area (Å²) in [4.78, 5) is 39.3.